The lowest BCUT2D eigenvalue weighted by Gasteiger charge is -2.40. The second-order valence-corrected chi connectivity index (χ2v) is 5.90. The standard InChI is InChI=1S/C13H21F6N/c1-7-4-5-9(6-8(7)2)10(20-3)11(12(14,15)16)13(17,18)19/h7-11,20H,4-6H2,1-3H3. The molecule has 0 aromatic carbocycles. The van der Waals surface area contributed by atoms with Gasteiger partial charge in [0.2, 0.25) is 0 Å². The number of alkyl halides is 6. The molecule has 0 amide bonds. The van der Waals surface area contributed by atoms with Crippen LogP contribution in [0, 0.1) is 23.7 Å². The van der Waals surface area contributed by atoms with Crippen molar-refractivity contribution in [2.24, 2.45) is 23.7 Å². The van der Waals surface area contributed by atoms with Gasteiger partial charge in [0.1, 0.15) is 0 Å². The molecular formula is C13H21F6N. The summed E-state index contributed by atoms with van der Waals surface area (Å²) in [7, 11) is 1.18. The summed E-state index contributed by atoms with van der Waals surface area (Å²) in [6, 6.07) is -1.61. The second-order valence-electron chi connectivity index (χ2n) is 5.90. The molecule has 1 saturated carbocycles. The van der Waals surface area contributed by atoms with Gasteiger partial charge in [0, 0.05) is 6.04 Å². The van der Waals surface area contributed by atoms with E-state index < -0.39 is 30.2 Å². The van der Waals surface area contributed by atoms with Crippen molar-refractivity contribution in [3.05, 3.63) is 0 Å². The topological polar surface area (TPSA) is 12.0 Å². The van der Waals surface area contributed by atoms with Gasteiger partial charge in [-0.1, -0.05) is 20.3 Å². The van der Waals surface area contributed by atoms with E-state index in [2.05, 4.69) is 5.32 Å². The first-order valence-corrected chi connectivity index (χ1v) is 6.79. The highest BCUT2D eigenvalue weighted by Crippen LogP contribution is 2.46. The summed E-state index contributed by atoms with van der Waals surface area (Å²) in [4.78, 5) is 0. The molecule has 0 radical (unpaired) electrons. The van der Waals surface area contributed by atoms with Crippen molar-refractivity contribution in [3.63, 3.8) is 0 Å². The van der Waals surface area contributed by atoms with Crippen molar-refractivity contribution < 1.29 is 26.3 Å². The van der Waals surface area contributed by atoms with E-state index in [9.17, 15) is 26.3 Å². The highest BCUT2D eigenvalue weighted by molar-refractivity contribution is 4.93. The smallest absolute Gasteiger partial charge is 0.316 e. The van der Waals surface area contributed by atoms with Crippen LogP contribution in [0.25, 0.3) is 0 Å². The highest BCUT2D eigenvalue weighted by Gasteiger charge is 2.61. The summed E-state index contributed by atoms with van der Waals surface area (Å²) in [5.74, 6) is -3.41. The van der Waals surface area contributed by atoms with Gasteiger partial charge in [-0.15, -0.1) is 0 Å². The third-order valence-corrected chi connectivity index (χ3v) is 4.54. The van der Waals surface area contributed by atoms with E-state index >= 15 is 0 Å². The van der Waals surface area contributed by atoms with Gasteiger partial charge in [0.15, 0.2) is 5.92 Å². The van der Waals surface area contributed by atoms with Crippen molar-refractivity contribution in [2.75, 3.05) is 7.05 Å². The lowest BCUT2D eigenvalue weighted by Crippen LogP contribution is -2.54. The summed E-state index contributed by atoms with van der Waals surface area (Å²) in [5.41, 5.74) is 0. The van der Waals surface area contributed by atoms with E-state index in [4.69, 9.17) is 0 Å². The minimum Gasteiger partial charge on any atom is -0.316 e. The molecule has 0 bridgehead atoms. The number of nitrogens with one attached hydrogen (secondary N) is 1. The van der Waals surface area contributed by atoms with Gasteiger partial charge in [0.05, 0.1) is 0 Å². The van der Waals surface area contributed by atoms with Crippen LogP contribution in [0.4, 0.5) is 26.3 Å². The monoisotopic (exact) mass is 305 g/mol. The molecule has 0 aromatic rings. The Morgan fingerprint density at radius 2 is 1.40 bits per heavy atom. The largest absolute Gasteiger partial charge is 0.402 e. The quantitative estimate of drug-likeness (QED) is 0.763. The van der Waals surface area contributed by atoms with E-state index in [1.807, 2.05) is 13.8 Å². The summed E-state index contributed by atoms with van der Waals surface area (Å²) in [5, 5.41) is 2.28. The van der Waals surface area contributed by atoms with E-state index in [1.165, 1.54) is 7.05 Å². The molecule has 0 aromatic heterocycles. The van der Waals surface area contributed by atoms with Gasteiger partial charge in [0.25, 0.3) is 0 Å². The van der Waals surface area contributed by atoms with E-state index in [0.29, 0.717) is 25.2 Å². The van der Waals surface area contributed by atoms with Gasteiger partial charge in [-0.25, -0.2) is 0 Å². The fourth-order valence-electron chi connectivity index (χ4n) is 3.18. The van der Waals surface area contributed by atoms with E-state index in [1.54, 1.807) is 0 Å². The summed E-state index contributed by atoms with van der Waals surface area (Å²) in [6.07, 6.45) is -9.09. The van der Waals surface area contributed by atoms with Gasteiger partial charge >= 0.3 is 12.4 Å². The Bertz CT molecular complexity index is 297. The first-order chi connectivity index (χ1) is 8.98. The van der Waals surface area contributed by atoms with Crippen molar-refractivity contribution in [2.45, 2.75) is 51.5 Å². The molecule has 0 saturated heterocycles. The van der Waals surface area contributed by atoms with Gasteiger partial charge in [-0.3, -0.25) is 0 Å². The Morgan fingerprint density at radius 1 is 0.900 bits per heavy atom. The summed E-state index contributed by atoms with van der Waals surface area (Å²) < 4.78 is 76.9. The zero-order valence-electron chi connectivity index (χ0n) is 11.8. The van der Waals surface area contributed by atoms with Crippen molar-refractivity contribution >= 4 is 0 Å². The predicted octanol–water partition coefficient (Wildman–Crippen LogP) is 4.39. The zero-order chi connectivity index (χ0) is 15.7. The molecule has 1 aliphatic carbocycles. The van der Waals surface area contributed by atoms with Crippen LogP contribution < -0.4 is 5.32 Å². The number of halogens is 6. The minimum absolute atomic E-state index is 0.145. The third-order valence-electron chi connectivity index (χ3n) is 4.54. The second kappa shape index (κ2) is 6.12. The zero-order valence-corrected chi connectivity index (χ0v) is 11.8. The molecule has 20 heavy (non-hydrogen) atoms. The fraction of sp³-hybridized carbons (Fsp3) is 1.00. The number of hydrogen-bond donors (Lipinski definition) is 1. The average molecular weight is 305 g/mol. The Balaban J connectivity index is 2.97. The molecule has 4 unspecified atom stereocenters. The molecule has 0 spiro atoms. The first kappa shape index (κ1) is 17.6. The van der Waals surface area contributed by atoms with Crippen LogP contribution >= 0.6 is 0 Å². The molecule has 120 valence electrons. The van der Waals surface area contributed by atoms with Crippen LogP contribution in [0.2, 0.25) is 0 Å². The average Bonchev–Trinajstić information content (AvgIpc) is 2.26. The van der Waals surface area contributed by atoms with Crippen LogP contribution in [-0.2, 0) is 0 Å². The summed E-state index contributed by atoms with van der Waals surface area (Å²) >= 11 is 0. The molecule has 0 heterocycles. The van der Waals surface area contributed by atoms with Gasteiger partial charge < -0.3 is 5.32 Å². The lowest BCUT2D eigenvalue weighted by atomic mass is 9.70. The van der Waals surface area contributed by atoms with Crippen LogP contribution in [0.15, 0.2) is 0 Å². The van der Waals surface area contributed by atoms with Crippen molar-refractivity contribution in [1.29, 1.82) is 0 Å². The molecule has 7 heteroatoms. The minimum atomic E-state index is -5.28. The van der Waals surface area contributed by atoms with Crippen LogP contribution in [0.3, 0.4) is 0 Å². The van der Waals surface area contributed by atoms with Crippen molar-refractivity contribution in [3.8, 4) is 0 Å². The molecule has 1 nitrogen and oxygen atoms in total. The van der Waals surface area contributed by atoms with Crippen LogP contribution in [0.1, 0.15) is 33.1 Å². The predicted molar refractivity (Wildman–Crippen MR) is 64.1 cm³/mol. The molecule has 4 atom stereocenters. The van der Waals surface area contributed by atoms with Crippen LogP contribution in [0.5, 0.6) is 0 Å². The highest BCUT2D eigenvalue weighted by atomic mass is 19.4. The first-order valence-electron chi connectivity index (χ1n) is 6.79. The molecule has 1 rings (SSSR count). The molecular weight excluding hydrogens is 284 g/mol. The third kappa shape index (κ3) is 4.02. The maximum Gasteiger partial charge on any atom is 0.402 e. The number of rotatable bonds is 3. The van der Waals surface area contributed by atoms with Gasteiger partial charge in [-0.05, 0) is 37.6 Å². The summed E-state index contributed by atoms with van der Waals surface area (Å²) in [6.45, 7) is 3.87. The Hall–Kier alpha value is -0.460. The normalized spacial score (nSPS) is 30.6. The molecule has 1 fully saturated rings. The Kier molecular flexibility index (Phi) is 5.38. The maximum atomic E-state index is 12.8. The lowest BCUT2D eigenvalue weighted by molar-refractivity contribution is -0.295. The van der Waals surface area contributed by atoms with Crippen molar-refractivity contribution in [1.82, 2.24) is 5.32 Å². The van der Waals surface area contributed by atoms with Gasteiger partial charge in [-0.2, -0.15) is 26.3 Å². The molecule has 1 aliphatic rings. The number of hydrogen-bond acceptors (Lipinski definition) is 1. The van der Waals surface area contributed by atoms with Crippen LogP contribution in [-0.4, -0.2) is 25.4 Å². The SMILES string of the molecule is CNC(C1CCC(C)C(C)C1)C(C(F)(F)F)C(F)(F)F. The van der Waals surface area contributed by atoms with E-state index in [0.717, 1.165) is 0 Å². The fourth-order valence-corrected chi connectivity index (χ4v) is 3.18. The Morgan fingerprint density at radius 3 is 1.75 bits per heavy atom. The van der Waals surface area contributed by atoms with E-state index in [-0.39, 0.29) is 5.92 Å². The molecule has 0 aliphatic heterocycles. The molecule has 1 N–H and O–H groups in total. The maximum absolute atomic E-state index is 12.8. The Labute approximate surface area is 115 Å².